The molecule has 0 heterocycles. The first-order valence-corrected chi connectivity index (χ1v) is 6.07. The molecule has 0 radical (unpaired) electrons. The van der Waals surface area contributed by atoms with E-state index in [1.165, 1.54) is 24.3 Å². The predicted molar refractivity (Wildman–Crippen MR) is 73.8 cm³/mol. The van der Waals surface area contributed by atoms with Crippen LogP contribution < -0.4 is 11.1 Å². The van der Waals surface area contributed by atoms with Crippen molar-refractivity contribution in [2.45, 2.75) is 32.7 Å². The average molecular weight is 265 g/mol. The van der Waals surface area contributed by atoms with E-state index in [1.807, 2.05) is 13.8 Å². The van der Waals surface area contributed by atoms with Gasteiger partial charge in [-0.3, -0.25) is 14.9 Å². The highest BCUT2D eigenvalue weighted by Crippen LogP contribution is 2.19. The third kappa shape index (κ3) is 4.33. The summed E-state index contributed by atoms with van der Waals surface area (Å²) in [5.74, 6) is 0.00710. The Morgan fingerprint density at radius 3 is 2.37 bits per heavy atom. The van der Waals surface area contributed by atoms with Gasteiger partial charge in [-0.1, -0.05) is 13.8 Å². The Bertz CT molecular complexity index is 467. The van der Waals surface area contributed by atoms with Crippen LogP contribution in [0.1, 0.15) is 27.2 Å². The van der Waals surface area contributed by atoms with Crippen molar-refractivity contribution in [3.63, 3.8) is 0 Å². The molecule has 0 aliphatic carbocycles. The lowest BCUT2D eigenvalue weighted by atomic mass is 9.91. The van der Waals surface area contributed by atoms with E-state index in [4.69, 9.17) is 5.73 Å². The van der Waals surface area contributed by atoms with Crippen LogP contribution in [0.2, 0.25) is 0 Å². The Labute approximate surface area is 112 Å². The smallest absolute Gasteiger partial charge is 0.269 e. The number of nitro groups is 1. The van der Waals surface area contributed by atoms with E-state index in [-0.39, 0.29) is 11.6 Å². The number of benzene rings is 1. The summed E-state index contributed by atoms with van der Waals surface area (Å²) in [6.45, 7) is 5.66. The maximum atomic E-state index is 12.0. The maximum Gasteiger partial charge on any atom is 0.269 e. The molecule has 1 aromatic rings. The molecule has 0 saturated heterocycles. The minimum atomic E-state index is -0.962. The highest BCUT2D eigenvalue weighted by Gasteiger charge is 2.29. The predicted octanol–water partition coefficient (Wildman–Crippen LogP) is 2.30. The number of anilines is 1. The van der Waals surface area contributed by atoms with Crippen LogP contribution in [0.4, 0.5) is 11.4 Å². The van der Waals surface area contributed by atoms with E-state index < -0.39 is 10.5 Å². The number of hydrogen-bond donors (Lipinski definition) is 2. The van der Waals surface area contributed by atoms with Crippen molar-refractivity contribution in [1.82, 2.24) is 0 Å². The fourth-order valence-electron chi connectivity index (χ4n) is 1.88. The average Bonchev–Trinajstić information content (AvgIpc) is 2.27. The third-order valence-corrected chi connectivity index (χ3v) is 2.69. The van der Waals surface area contributed by atoms with E-state index >= 15 is 0 Å². The fourth-order valence-corrected chi connectivity index (χ4v) is 1.88. The zero-order valence-corrected chi connectivity index (χ0v) is 11.3. The minimum Gasteiger partial charge on any atom is -0.324 e. The molecule has 0 bridgehead atoms. The number of non-ortho nitro benzene ring substituents is 1. The van der Waals surface area contributed by atoms with Gasteiger partial charge in [0, 0.05) is 17.8 Å². The van der Waals surface area contributed by atoms with Crippen LogP contribution in [-0.2, 0) is 4.79 Å². The summed E-state index contributed by atoms with van der Waals surface area (Å²) in [5.41, 5.74) is 5.48. The zero-order valence-electron chi connectivity index (χ0n) is 11.3. The summed E-state index contributed by atoms with van der Waals surface area (Å²) in [6.07, 6.45) is 0.561. The van der Waals surface area contributed by atoms with Gasteiger partial charge in [0.2, 0.25) is 5.91 Å². The van der Waals surface area contributed by atoms with E-state index in [0.717, 1.165) is 0 Å². The summed E-state index contributed by atoms with van der Waals surface area (Å²) in [7, 11) is 0. The molecule has 3 N–H and O–H groups in total. The molecule has 0 spiro atoms. The van der Waals surface area contributed by atoms with Crippen LogP contribution in [0.5, 0.6) is 0 Å². The van der Waals surface area contributed by atoms with Crippen LogP contribution in [0.25, 0.3) is 0 Å². The highest BCUT2D eigenvalue weighted by molar-refractivity contribution is 5.97. The fraction of sp³-hybridized carbons (Fsp3) is 0.462. The first kappa shape index (κ1) is 15.1. The Balaban J connectivity index is 2.74. The second-order valence-electron chi connectivity index (χ2n) is 5.27. The lowest BCUT2D eigenvalue weighted by Gasteiger charge is -2.25. The van der Waals surface area contributed by atoms with Gasteiger partial charge in [0.05, 0.1) is 10.5 Å². The summed E-state index contributed by atoms with van der Waals surface area (Å²) in [4.78, 5) is 22.0. The molecule has 19 heavy (non-hydrogen) atoms. The van der Waals surface area contributed by atoms with Gasteiger partial charge in [-0.05, 0) is 31.4 Å². The van der Waals surface area contributed by atoms with Gasteiger partial charge >= 0.3 is 0 Å². The molecule has 104 valence electrons. The van der Waals surface area contributed by atoms with Crippen molar-refractivity contribution < 1.29 is 9.72 Å². The number of carbonyl (C=O) groups excluding carboxylic acids is 1. The van der Waals surface area contributed by atoms with Crippen molar-refractivity contribution in [1.29, 1.82) is 0 Å². The molecule has 1 amide bonds. The molecule has 1 atom stereocenters. The third-order valence-electron chi connectivity index (χ3n) is 2.69. The van der Waals surface area contributed by atoms with Crippen LogP contribution in [0.15, 0.2) is 24.3 Å². The first-order chi connectivity index (χ1) is 8.72. The summed E-state index contributed by atoms with van der Waals surface area (Å²) < 4.78 is 0. The van der Waals surface area contributed by atoms with Gasteiger partial charge in [-0.15, -0.1) is 0 Å². The maximum absolute atomic E-state index is 12.0. The standard InChI is InChI=1S/C13H19N3O3/c1-9(2)8-13(3,14)12(17)15-10-4-6-11(7-5-10)16(18)19/h4-7,9H,8,14H2,1-3H3,(H,15,17)/t13-/m0/s1. The topological polar surface area (TPSA) is 98.3 Å². The molecular weight excluding hydrogens is 246 g/mol. The largest absolute Gasteiger partial charge is 0.324 e. The molecule has 0 aromatic heterocycles. The Kier molecular flexibility index (Phi) is 4.61. The van der Waals surface area contributed by atoms with Crippen LogP contribution in [0.3, 0.4) is 0 Å². The Hall–Kier alpha value is -1.95. The lowest BCUT2D eigenvalue weighted by Crippen LogP contribution is -2.49. The monoisotopic (exact) mass is 265 g/mol. The van der Waals surface area contributed by atoms with E-state index in [2.05, 4.69) is 5.32 Å². The van der Waals surface area contributed by atoms with Gasteiger partial charge in [0.15, 0.2) is 0 Å². The molecule has 0 aliphatic heterocycles. The molecule has 0 fully saturated rings. The van der Waals surface area contributed by atoms with Crippen molar-refractivity contribution >= 4 is 17.3 Å². The molecule has 6 heteroatoms. The Morgan fingerprint density at radius 1 is 1.42 bits per heavy atom. The number of nitrogens with one attached hydrogen (secondary N) is 1. The highest BCUT2D eigenvalue weighted by atomic mass is 16.6. The van der Waals surface area contributed by atoms with Crippen molar-refractivity contribution in [3.8, 4) is 0 Å². The normalized spacial score (nSPS) is 13.9. The van der Waals surface area contributed by atoms with Crippen LogP contribution >= 0.6 is 0 Å². The van der Waals surface area contributed by atoms with Crippen molar-refractivity contribution in [2.75, 3.05) is 5.32 Å². The second-order valence-corrected chi connectivity index (χ2v) is 5.27. The number of amides is 1. The molecule has 6 nitrogen and oxygen atoms in total. The first-order valence-electron chi connectivity index (χ1n) is 6.07. The molecule has 1 aromatic carbocycles. The van der Waals surface area contributed by atoms with Gasteiger partial charge < -0.3 is 11.1 Å². The number of rotatable bonds is 5. The zero-order chi connectivity index (χ0) is 14.6. The van der Waals surface area contributed by atoms with E-state index in [0.29, 0.717) is 18.0 Å². The van der Waals surface area contributed by atoms with Gasteiger partial charge in [-0.2, -0.15) is 0 Å². The van der Waals surface area contributed by atoms with Gasteiger partial charge in [0.1, 0.15) is 0 Å². The molecule has 0 aliphatic rings. The van der Waals surface area contributed by atoms with E-state index in [9.17, 15) is 14.9 Å². The summed E-state index contributed by atoms with van der Waals surface area (Å²) in [6, 6.07) is 5.65. The Morgan fingerprint density at radius 2 is 1.95 bits per heavy atom. The number of nitro benzene ring substituents is 1. The van der Waals surface area contributed by atoms with Gasteiger partial charge in [0.25, 0.3) is 5.69 Å². The van der Waals surface area contributed by atoms with Crippen molar-refractivity contribution in [3.05, 3.63) is 34.4 Å². The number of hydrogen-bond acceptors (Lipinski definition) is 4. The molecule has 0 unspecified atom stereocenters. The molecule has 1 rings (SSSR count). The van der Waals surface area contributed by atoms with Crippen molar-refractivity contribution in [2.24, 2.45) is 11.7 Å². The minimum absolute atomic E-state index is 0.0179. The molecular formula is C13H19N3O3. The van der Waals surface area contributed by atoms with Crippen LogP contribution in [0, 0.1) is 16.0 Å². The lowest BCUT2D eigenvalue weighted by molar-refractivity contribution is -0.384. The summed E-state index contributed by atoms with van der Waals surface area (Å²) >= 11 is 0. The SMILES string of the molecule is CC(C)C[C@](C)(N)C(=O)Nc1ccc([N+](=O)[O-])cc1. The summed E-state index contributed by atoms with van der Waals surface area (Å²) in [5, 5.41) is 13.2. The van der Waals surface area contributed by atoms with E-state index in [1.54, 1.807) is 6.92 Å². The number of nitrogens with zero attached hydrogens (tertiary/aromatic N) is 1. The van der Waals surface area contributed by atoms with Crippen LogP contribution in [-0.4, -0.2) is 16.4 Å². The number of nitrogens with two attached hydrogens (primary N) is 1. The second kappa shape index (κ2) is 5.79. The molecule has 0 saturated carbocycles. The number of carbonyl (C=O) groups is 1. The quantitative estimate of drug-likeness (QED) is 0.630. The van der Waals surface area contributed by atoms with Gasteiger partial charge in [-0.25, -0.2) is 0 Å².